The van der Waals surface area contributed by atoms with Crippen LogP contribution in [0, 0.1) is 59.2 Å². The van der Waals surface area contributed by atoms with Crippen LogP contribution in [0.5, 0.6) is 0 Å². The molecule has 0 rings (SSSR count). The van der Waals surface area contributed by atoms with E-state index in [-0.39, 0.29) is 174 Å². The number of ketones is 6. The molecule has 892 valence electrons. The number of hydrogen-bond acceptors (Lipinski definition) is 27. The van der Waals surface area contributed by atoms with E-state index in [1.165, 1.54) is 44.4 Å². The summed E-state index contributed by atoms with van der Waals surface area (Å²) in [6, 6.07) is 4.40. The molecule has 0 saturated carbocycles. The van der Waals surface area contributed by atoms with Crippen molar-refractivity contribution < 1.29 is 94.1 Å². The molecular formula is C117H249N7O20S2Si2. The molecule has 3 unspecified atom stereocenters. The van der Waals surface area contributed by atoms with Crippen molar-refractivity contribution in [2.45, 2.75) is 495 Å². The second-order valence-corrected chi connectivity index (χ2v) is 65.8. The van der Waals surface area contributed by atoms with Gasteiger partial charge in [0.2, 0.25) is 0 Å². The highest BCUT2D eigenvalue weighted by atomic mass is 32.2. The summed E-state index contributed by atoms with van der Waals surface area (Å²) in [5.74, 6) is 2.25. The summed E-state index contributed by atoms with van der Waals surface area (Å²) >= 11 is 0. The van der Waals surface area contributed by atoms with Gasteiger partial charge in [-0.1, -0.05) is 278 Å². The van der Waals surface area contributed by atoms with Gasteiger partial charge in [0.15, 0.2) is 0 Å². The maximum atomic E-state index is 12.2. The second kappa shape index (κ2) is 87.6. The minimum Gasteiger partial charge on any atom is -0.393 e. The Kier molecular flexibility index (Phi) is 95.2. The van der Waals surface area contributed by atoms with Gasteiger partial charge in [0.1, 0.15) is 54.4 Å². The third-order valence-electron chi connectivity index (χ3n) is 26.0. The number of rotatable bonds is 75. The summed E-state index contributed by atoms with van der Waals surface area (Å²) in [5, 5.41) is 42.3. The van der Waals surface area contributed by atoms with Crippen molar-refractivity contribution in [3.63, 3.8) is 0 Å². The quantitative estimate of drug-likeness (QED) is 0.0243. The minimum atomic E-state index is -3.03. The minimum absolute atomic E-state index is 0.0188. The molecule has 0 aliphatic carbocycles. The summed E-state index contributed by atoms with van der Waals surface area (Å²) in [5.41, 5.74) is 1.12. The van der Waals surface area contributed by atoms with Gasteiger partial charge in [0, 0.05) is 93.3 Å². The number of nitrogens with one attached hydrogen (secondary N) is 3. The van der Waals surface area contributed by atoms with Crippen LogP contribution in [0.25, 0.3) is 0 Å². The van der Waals surface area contributed by atoms with E-state index in [2.05, 4.69) is 143 Å². The van der Waals surface area contributed by atoms with Crippen LogP contribution in [0.4, 0.5) is 0 Å². The molecule has 6 N–H and O–H groups in total. The highest BCUT2D eigenvalue weighted by molar-refractivity contribution is 7.90. The Labute approximate surface area is 917 Å². The van der Waals surface area contributed by atoms with Crippen LogP contribution in [0.2, 0.25) is 45.8 Å². The van der Waals surface area contributed by atoms with Gasteiger partial charge >= 0.3 is 0 Å². The summed E-state index contributed by atoms with van der Waals surface area (Å²) in [4.78, 5) is 81.4. The summed E-state index contributed by atoms with van der Waals surface area (Å²) < 4.78 is 85.8. The zero-order valence-corrected chi connectivity index (χ0v) is 110. The zero-order chi connectivity index (χ0) is 118. The van der Waals surface area contributed by atoms with Gasteiger partial charge in [-0.05, 0) is 183 Å². The highest BCUT2D eigenvalue weighted by Crippen LogP contribution is 2.53. The lowest BCUT2D eigenvalue weighted by Gasteiger charge is -2.50. The van der Waals surface area contributed by atoms with Crippen molar-refractivity contribution in [3.8, 4) is 0 Å². The van der Waals surface area contributed by atoms with Crippen molar-refractivity contribution in [2.24, 2.45) is 59.2 Å². The summed E-state index contributed by atoms with van der Waals surface area (Å²) in [6.07, 6.45) is 7.55. The van der Waals surface area contributed by atoms with Gasteiger partial charge in [-0.3, -0.25) is 48.4 Å². The lowest BCUT2D eigenvalue weighted by molar-refractivity contribution is -0.127. The molecule has 0 aromatic carbocycles. The molecule has 0 aliphatic rings. The molecule has 0 saturated heterocycles. The first kappa shape index (κ1) is 161. The third kappa shape index (κ3) is 88.6. The highest BCUT2D eigenvalue weighted by Gasteiger charge is 2.49. The molecule has 0 fully saturated rings. The monoisotopic (exact) mass is 2190 g/mol. The molecule has 0 bridgehead atoms. The van der Waals surface area contributed by atoms with Crippen LogP contribution in [0.1, 0.15) is 371 Å². The van der Waals surface area contributed by atoms with Gasteiger partial charge in [-0.2, -0.15) is 0 Å². The van der Waals surface area contributed by atoms with Gasteiger partial charge in [-0.25, -0.2) is 16.8 Å². The first-order chi connectivity index (χ1) is 67.6. The van der Waals surface area contributed by atoms with E-state index in [1.54, 1.807) is 0 Å². The predicted octanol–water partition coefficient (Wildman–Crippen LogP) is 21.8. The molecule has 0 heterocycles. The molecule has 0 radical (unpaired) electrons. The molecule has 0 amide bonds. The van der Waals surface area contributed by atoms with Crippen molar-refractivity contribution >= 4 is 70.5 Å². The maximum Gasteiger partial charge on any atom is 0.149 e. The van der Waals surface area contributed by atoms with Gasteiger partial charge < -0.3 is 64.4 Å². The Morgan fingerprint density at radius 1 is 0.318 bits per heavy atom. The smallest absolute Gasteiger partial charge is 0.149 e. The zero-order valence-electron chi connectivity index (χ0n) is 106. The fourth-order valence-electron chi connectivity index (χ4n) is 15.5. The fourth-order valence-corrected chi connectivity index (χ4v) is 30.0. The molecular weight excluding hydrogens is 1940 g/mol. The lowest BCUT2D eigenvalue weighted by atomic mass is 10.0. The average Bonchev–Trinajstić information content (AvgIpc) is 0.769. The van der Waals surface area contributed by atoms with E-state index in [0.717, 1.165) is 42.2 Å². The van der Waals surface area contributed by atoms with E-state index in [9.17, 15) is 60.9 Å². The van der Waals surface area contributed by atoms with E-state index >= 15 is 0 Å². The van der Waals surface area contributed by atoms with Crippen LogP contribution in [-0.4, -0.2) is 349 Å². The van der Waals surface area contributed by atoms with Crippen molar-refractivity contribution in [3.05, 3.63) is 0 Å². The molecule has 0 aromatic rings. The molecule has 0 aliphatic heterocycles. The topological polar surface area (TPSA) is 345 Å². The number of sulfone groups is 2. The number of aliphatic hydroxyl groups excluding tert-OH is 3. The average molecular weight is 2190 g/mol. The van der Waals surface area contributed by atoms with E-state index in [4.69, 9.17) is 33.2 Å². The number of Topliss-reactive ketones (excluding diaryl/α,β-unsaturated/α-hetero) is 6. The van der Waals surface area contributed by atoms with Crippen molar-refractivity contribution in [2.75, 3.05) is 168 Å². The molecule has 0 spiro atoms. The SMILES string of the molecule is CC(C)C(O)C[Si](CC(O)C(C)C)(CC(O)C(C)C)C(C)C.CC(C)CCN(CCN(CC(=O)C(C)C)CC(=O)C(C)C)CC(=O)C(C)C.CC(C)NCCC[Si](C(C)C)(C(C)C)C(C)(C)C.CC(C)OCC(COC(C)C)(COC(C)C)NCCCS(C)(=O)=O.CC(C)OCC(COC(C)C)(COC(C)C)NCCS(C)(=O)=O.CC(C)OCCN(CCN(CC(=O)C(C)C)CC(=O)C(C)C)CC(=O)C(C)C.CCC.CCC. The Balaban J connectivity index is -0.000000263. The fraction of sp³-hybridized carbons (Fsp3) is 0.949. The molecule has 148 heavy (non-hydrogen) atoms. The second-order valence-electron chi connectivity index (χ2n) is 49.8. The number of hydrogen-bond donors (Lipinski definition) is 6. The van der Waals surface area contributed by atoms with E-state index in [0.29, 0.717) is 147 Å². The van der Waals surface area contributed by atoms with Gasteiger partial charge in [0.05, 0.1) is 185 Å². The van der Waals surface area contributed by atoms with Crippen LogP contribution in [0.15, 0.2) is 0 Å². The normalized spacial score (nSPS) is 13.7. The Morgan fingerprint density at radius 3 is 0.770 bits per heavy atom. The van der Waals surface area contributed by atoms with Gasteiger partial charge in [0.25, 0.3) is 0 Å². The number of carbonyl (C=O) groups is 6. The predicted molar refractivity (Wildman–Crippen MR) is 635 cm³/mol. The van der Waals surface area contributed by atoms with Gasteiger partial charge in [-0.15, -0.1) is 0 Å². The van der Waals surface area contributed by atoms with Crippen molar-refractivity contribution in [1.29, 1.82) is 0 Å². The van der Waals surface area contributed by atoms with Crippen LogP contribution in [-0.2, 0) is 81.6 Å². The Hall–Kier alpha value is -2.33. The number of carbonyl (C=O) groups excluding carboxylic acids is 6. The Bertz CT molecular complexity index is 3340. The van der Waals surface area contributed by atoms with Crippen LogP contribution in [0.3, 0.4) is 0 Å². The number of aliphatic hydroxyl groups is 3. The first-order valence-corrected chi connectivity index (χ1v) is 66.8. The first-order valence-electron chi connectivity index (χ1n) is 57.6. The molecule has 0 aromatic heterocycles. The molecule has 3 atom stereocenters. The van der Waals surface area contributed by atoms with Crippen molar-refractivity contribution in [1.82, 2.24) is 35.6 Å². The number of nitrogens with zero attached hydrogens (tertiary/aromatic N) is 4. The Morgan fingerprint density at radius 2 is 0.561 bits per heavy atom. The van der Waals surface area contributed by atoms with Crippen LogP contribution < -0.4 is 16.0 Å². The summed E-state index contributed by atoms with van der Waals surface area (Å²) in [7, 11) is -9.24. The standard InChI is InChI=1S/C22H42N2O4.C22H42N2O3.C18H40O3Si.C17H37NO5S.C16H35NO5S.C16H37NSi.2C3H8/c1-16(2)20(25)13-23(11-12-28-19(7)8)9-10-24(14-21(26)17(3)4)15-22(27)18(5)6;1-16(2)9-10-23(13-20(25)17(3)4)11-12-24(14-21(26)18(5)6)15-22(27)19(7)8;1-12(2)16(19)9-22(15(7)8,10-17(20)13(3)4)11-18(21)14(5)6;1-14(2)21-11-17(12-22-15(3)4,13-23-16(5)6)18-9-8-10-24(7,19)20;1-13(2)20-10-16(11-21-14(3)4,12-22-15(5)6)17-8-9-23(7,18)19;1-13(2)17-11-10-12-18(14(3)4,15(5)6)16(7,8)9;2*1-3-2/h16-19H,9-15H2,1-8H3;16-19H,9-15H2,1-8H3;12-21H,9-11H2,1-8H3;14-16,18H,8-13H2,1-7H3;13-15,17H,8-12H2,1-7H3;13-15,17H,10-12H2,1-9H3;2*3H2,1-2H3. The largest absolute Gasteiger partial charge is 0.393 e. The summed E-state index contributed by atoms with van der Waals surface area (Å²) in [6.45, 7) is 113. The maximum absolute atomic E-state index is 12.2. The van der Waals surface area contributed by atoms with Crippen LogP contribution >= 0.6 is 0 Å². The lowest BCUT2D eigenvalue weighted by Crippen LogP contribution is -2.58. The number of ether oxygens (including phenoxy) is 7. The van der Waals surface area contributed by atoms with E-state index < -0.39 is 46.9 Å². The molecule has 31 heteroatoms. The van der Waals surface area contributed by atoms with E-state index in [1.807, 2.05) is 231 Å². The molecule has 27 nitrogen and oxygen atoms in total. The third-order valence-corrected chi connectivity index (χ3v) is 42.2.